The fourth-order valence-corrected chi connectivity index (χ4v) is 3.07. The van der Waals surface area contributed by atoms with E-state index in [-0.39, 0.29) is 23.4 Å². The number of rotatable bonds is 11. The number of carbonyl (C=O) groups is 1. The van der Waals surface area contributed by atoms with E-state index >= 15 is 0 Å². The van der Waals surface area contributed by atoms with E-state index in [0.29, 0.717) is 12.3 Å². The first-order valence-corrected chi connectivity index (χ1v) is 9.95. The maximum atomic E-state index is 12.4. The van der Waals surface area contributed by atoms with E-state index in [1.807, 2.05) is 6.92 Å². The highest BCUT2D eigenvalue weighted by atomic mass is 16.3. The summed E-state index contributed by atoms with van der Waals surface area (Å²) in [4.78, 5) is 19.0. The third kappa shape index (κ3) is 6.65. The first kappa shape index (κ1) is 21.9. The van der Waals surface area contributed by atoms with Gasteiger partial charge in [-0.05, 0) is 63.5 Å². The topological polar surface area (TPSA) is 105 Å². The molecule has 0 saturated carbocycles. The van der Waals surface area contributed by atoms with E-state index in [1.165, 1.54) is 6.26 Å². The van der Waals surface area contributed by atoms with Crippen LogP contribution in [0.3, 0.4) is 0 Å². The summed E-state index contributed by atoms with van der Waals surface area (Å²) in [5.74, 6) is 0.285. The van der Waals surface area contributed by atoms with Crippen LogP contribution in [0.1, 0.15) is 61.6 Å². The summed E-state index contributed by atoms with van der Waals surface area (Å²) >= 11 is 0. The van der Waals surface area contributed by atoms with Crippen molar-refractivity contribution in [1.82, 2.24) is 15.2 Å². The van der Waals surface area contributed by atoms with Gasteiger partial charge in [-0.25, -0.2) is 4.98 Å². The predicted molar refractivity (Wildman–Crippen MR) is 109 cm³/mol. The van der Waals surface area contributed by atoms with Crippen LogP contribution in [-0.4, -0.2) is 46.6 Å². The molecule has 0 aliphatic carbocycles. The van der Waals surface area contributed by atoms with Crippen molar-refractivity contribution in [1.29, 1.82) is 0 Å². The van der Waals surface area contributed by atoms with Crippen LogP contribution in [0.25, 0.3) is 0 Å². The van der Waals surface area contributed by atoms with Crippen molar-refractivity contribution < 1.29 is 14.3 Å². The number of amides is 1. The molecule has 0 radical (unpaired) electrons. The lowest BCUT2D eigenvalue weighted by molar-refractivity contribution is 0.0932. The number of nitrogens with one attached hydrogen (secondary N) is 1. The third-order valence-corrected chi connectivity index (χ3v) is 4.85. The van der Waals surface area contributed by atoms with Crippen LogP contribution in [0.2, 0.25) is 0 Å². The number of hydrogen-bond donors (Lipinski definition) is 3. The fraction of sp³-hybridized carbons (Fsp3) is 0.524. The zero-order chi connectivity index (χ0) is 20.5. The molecular weight excluding hydrogens is 356 g/mol. The predicted octanol–water partition coefficient (Wildman–Crippen LogP) is 2.86. The minimum Gasteiger partial charge on any atom is -0.508 e. The minimum atomic E-state index is -0.461. The second-order valence-electron chi connectivity index (χ2n) is 7.09. The molecule has 0 saturated heterocycles. The molecule has 0 bridgehead atoms. The van der Waals surface area contributed by atoms with E-state index in [4.69, 9.17) is 10.2 Å². The lowest BCUT2D eigenvalue weighted by atomic mass is 10.1. The van der Waals surface area contributed by atoms with Crippen LogP contribution in [0, 0.1) is 0 Å². The molecule has 7 heteroatoms. The summed E-state index contributed by atoms with van der Waals surface area (Å²) in [7, 11) is 0. The van der Waals surface area contributed by atoms with Gasteiger partial charge in [0.1, 0.15) is 12.0 Å². The number of hydrogen-bond acceptors (Lipinski definition) is 6. The molecule has 154 valence electrons. The number of benzene rings is 1. The van der Waals surface area contributed by atoms with Crippen LogP contribution in [0.4, 0.5) is 0 Å². The molecule has 1 aromatic heterocycles. The monoisotopic (exact) mass is 388 g/mol. The van der Waals surface area contributed by atoms with Crippen LogP contribution in [0.15, 0.2) is 34.9 Å². The first-order valence-electron chi connectivity index (χ1n) is 9.95. The number of phenols is 1. The van der Waals surface area contributed by atoms with Gasteiger partial charge in [0.15, 0.2) is 5.69 Å². The SMILES string of the molecule is CCN(CC)CCCC(C)NC(=O)c1coc(C(N)Cc2ccc(O)cc2)n1. The molecule has 4 N–H and O–H groups in total. The summed E-state index contributed by atoms with van der Waals surface area (Å²) in [5, 5.41) is 12.3. The maximum Gasteiger partial charge on any atom is 0.273 e. The quantitative estimate of drug-likeness (QED) is 0.547. The largest absolute Gasteiger partial charge is 0.508 e. The Labute approximate surface area is 166 Å². The lowest BCUT2D eigenvalue weighted by Gasteiger charge is -2.19. The molecule has 7 nitrogen and oxygen atoms in total. The molecule has 1 amide bonds. The maximum absolute atomic E-state index is 12.4. The summed E-state index contributed by atoms with van der Waals surface area (Å²) in [6.45, 7) is 9.43. The molecule has 0 fully saturated rings. The molecule has 1 heterocycles. The fourth-order valence-electron chi connectivity index (χ4n) is 3.07. The molecule has 0 spiro atoms. The number of carbonyl (C=O) groups excluding carboxylic acids is 1. The zero-order valence-electron chi connectivity index (χ0n) is 17.0. The molecule has 2 unspecified atom stereocenters. The Morgan fingerprint density at radius 2 is 1.96 bits per heavy atom. The number of oxazole rings is 1. The van der Waals surface area contributed by atoms with E-state index in [1.54, 1.807) is 24.3 Å². The summed E-state index contributed by atoms with van der Waals surface area (Å²) in [5.41, 5.74) is 7.34. The molecule has 0 aliphatic heterocycles. The smallest absolute Gasteiger partial charge is 0.273 e. The van der Waals surface area contributed by atoms with Gasteiger partial charge in [-0.15, -0.1) is 0 Å². The van der Waals surface area contributed by atoms with Crippen molar-refractivity contribution >= 4 is 5.91 Å². The van der Waals surface area contributed by atoms with Crippen LogP contribution >= 0.6 is 0 Å². The van der Waals surface area contributed by atoms with Gasteiger partial charge in [-0.3, -0.25) is 4.79 Å². The third-order valence-electron chi connectivity index (χ3n) is 4.85. The van der Waals surface area contributed by atoms with E-state index in [2.05, 4.69) is 29.0 Å². The van der Waals surface area contributed by atoms with E-state index < -0.39 is 6.04 Å². The van der Waals surface area contributed by atoms with Crippen LogP contribution in [0.5, 0.6) is 5.75 Å². The summed E-state index contributed by atoms with van der Waals surface area (Å²) in [6, 6.07) is 6.42. The molecule has 0 aliphatic rings. The Balaban J connectivity index is 1.83. The molecule has 2 aromatic rings. The average Bonchev–Trinajstić information content (AvgIpc) is 3.17. The van der Waals surface area contributed by atoms with E-state index in [9.17, 15) is 9.90 Å². The number of aromatic hydroxyl groups is 1. The minimum absolute atomic E-state index is 0.0638. The second kappa shape index (κ2) is 10.8. The normalized spacial score (nSPS) is 13.5. The standard InChI is InChI=1S/C21H32N4O3/c1-4-25(5-2)12-6-7-15(3)23-20(27)19-14-28-21(24-19)18(22)13-16-8-10-17(26)11-9-16/h8-11,14-15,18,26H,4-7,12-13,22H2,1-3H3,(H,23,27). The van der Waals surface area contributed by atoms with E-state index in [0.717, 1.165) is 38.0 Å². The molecular formula is C21H32N4O3. The first-order chi connectivity index (χ1) is 13.4. The summed E-state index contributed by atoms with van der Waals surface area (Å²) in [6.07, 6.45) is 3.80. The zero-order valence-corrected chi connectivity index (χ0v) is 17.0. The van der Waals surface area contributed by atoms with Crippen molar-refractivity contribution in [2.24, 2.45) is 5.73 Å². The Morgan fingerprint density at radius 1 is 1.29 bits per heavy atom. The molecule has 2 rings (SSSR count). The van der Waals surface area contributed by atoms with Crippen molar-refractivity contribution in [3.63, 3.8) is 0 Å². The molecule has 2 atom stereocenters. The summed E-state index contributed by atoms with van der Waals surface area (Å²) < 4.78 is 5.41. The Morgan fingerprint density at radius 3 is 2.61 bits per heavy atom. The molecule has 1 aromatic carbocycles. The number of nitrogens with zero attached hydrogens (tertiary/aromatic N) is 2. The van der Waals surface area contributed by atoms with Gasteiger partial charge in [0.25, 0.3) is 5.91 Å². The van der Waals surface area contributed by atoms with Gasteiger partial charge < -0.3 is 25.5 Å². The van der Waals surface area contributed by atoms with Gasteiger partial charge in [0, 0.05) is 6.04 Å². The van der Waals surface area contributed by atoms with Crippen molar-refractivity contribution in [3.05, 3.63) is 47.7 Å². The number of phenolic OH excluding ortho intramolecular Hbond substituents is 1. The van der Waals surface area contributed by atoms with Gasteiger partial charge in [-0.2, -0.15) is 0 Å². The number of aromatic nitrogens is 1. The van der Waals surface area contributed by atoms with Gasteiger partial charge >= 0.3 is 0 Å². The Bertz CT molecular complexity index is 726. The Kier molecular flexibility index (Phi) is 8.47. The highest BCUT2D eigenvalue weighted by Crippen LogP contribution is 2.18. The Hall–Kier alpha value is -2.38. The van der Waals surface area contributed by atoms with Gasteiger partial charge in [0.2, 0.25) is 5.89 Å². The van der Waals surface area contributed by atoms with Crippen molar-refractivity contribution in [3.8, 4) is 5.75 Å². The molecule has 28 heavy (non-hydrogen) atoms. The lowest BCUT2D eigenvalue weighted by Crippen LogP contribution is -2.34. The highest BCUT2D eigenvalue weighted by Gasteiger charge is 2.18. The second-order valence-corrected chi connectivity index (χ2v) is 7.09. The number of nitrogens with two attached hydrogens (primary N) is 1. The highest BCUT2D eigenvalue weighted by molar-refractivity contribution is 5.92. The van der Waals surface area contributed by atoms with Crippen molar-refractivity contribution in [2.45, 2.75) is 52.1 Å². The average molecular weight is 389 g/mol. The van der Waals surface area contributed by atoms with Crippen molar-refractivity contribution in [2.75, 3.05) is 19.6 Å². The van der Waals surface area contributed by atoms with Gasteiger partial charge in [-0.1, -0.05) is 26.0 Å². The van der Waals surface area contributed by atoms with Crippen LogP contribution < -0.4 is 11.1 Å². The van der Waals surface area contributed by atoms with Crippen LogP contribution in [-0.2, 0) is 6.42 Å². The van der Waals surface area contributed by atoms with Gasteiger partial charge in [0.05, 0.1) is 6.04 Å².